The zero-order valence-corrected chi connectivity index (χ0v) is 17.6. The number of methoxy groups -OCH3 is 1. The van der Waals surface area contributed by atoms with Gasteiger partial charge in [-0.2, -0.15) is 0 Å². The molecule has 0 radical (unpaired) electrons. The van der Waals surface area contributed by atoms with Gasteiger partial charge in [-0.1, -0.05) is 23.5 Å². The minimum absolute atomic E-state index is 0.115. The van der Waals surface area contributed by atoms with Gasteiger partial charge in [0.1, 0.15) is 11.3 Å². The van der Waals surface area contributed by atoms with E-state index in [4.69, 9.17) is 4.74 Å². The van der Waals surface area contributed by atoms with Crippen molar-refractivity contribution < 1.29 is 19.4 Å². The van der Waals surface area contributed by atoms with Crippen molar-refractivity contribution in [3.63, 3.8) is 0 Å². The number of aryl methyl sites for hydroxylation is 1. The first-order valence-corrected chi connectivity index (χ1v) is 9.93. The number of aromatic nitrogens is 1. The van der Waals surface area contributed by atoms with Gasteiger partial charge in [-0.3, -0.25) is 19.8 Å². The van der Waals surface area contributed by atoms with E-state index in [9.17, 15) is 14.9 Å². The predicted molar refractivity (Wildman–Crippen MR) is 113 cm³/mol. The molecule has 0 aliphatic rings. The second-order valence-corrected chi connectivity index (χ2v) is 7.96. The van der Waals surface area contributed by atoms with E-state index >= 15 is 0 Å². The van der Waals surface area contributed by atoms with E-state index in [0.29, 0.717) is 29.5 Å². The second-order valence-electron chi connectivity index (χ2n) is 6.98. The number of likely N-dealkylation sites (N-methyl/N-ethyl adjacent to an activating group) is 1. The van der Waals surface area contributed by atoms with Crippen LogP contribution in [0.2, 0.25) is 0 Å². The molecular weight excluding hydrogens is 392 g/mol. The number of quaternary nitrogens is 1. The molecule has 8 nitrogen and oxygen atoms in total. The summed E-state index contributed by atoms with van der Waals surface area (Å²) in [5.41, 5.74) is 1.90. The van der Waals surface area contributed by atoms with E-state index in [1.165, 1.54) is 34.4 Å². The highest BCUT2D eigenvalue weighted by Gasteiger charge is 2.24. The number of fused-ring (bicyclic) bond motifs is 1. The Morgan fingerprint density at radius 1 is 1.31 bits per heavy atom. The maximum atomic E-state index is 13.3. The van der Waals surface area contributed by atoms with Crippen molar-refractivity contribution in [2.75, 3.05) is 39.2 Å². The first kappa shape index (κ1) is 20.7. The van der Waals surface area contributed by atoms with Gasteiger partial charge in [-0.25, -0.2) is 4.98 Å². The maximum absolute atomic E-state index is 13.3. The third kappa shape index (κ3) is 4.36. The lowest BCUT2D eigenvalue weighted by Gasteiger charge is -2.20. The van der Waals surface area contributed by atoms with Crippen molar-refractivity contribution in [2.24, 2.45) is 0 Å². The number of ether oxygens (including phenoxy) is 1. The van der Waals surface area contributed by atoms with Crippen LogP contribution in [0.5, 0.6) is 5.75 Å². The molecule has 0 fully saturated rings. The summed E-state index contributed by atoms with van der Waals surface area (Å²) in [6.07, 6.45) is 0. The Bertz CT molecular complexity index is 1060. The maximum Gasteiger partial charge on any atom is 0.270 e. The number of hydrogen-bond donors (Lipinski definition) is 1. The highest BCUT2D eigenvalue weighted by atomic mass is 32.1. The number of thiazole rings is 1. The number of rotatable bonds is 7. The molecule has 2 aromatic carbocycles. The lowest BCUT2D eigenvalue weighted by molar-refractivity contribution is -0.856. The Hall–Kier alpha value is -3.04. The molecule has 152 valence electrons. The molecule has 0 saturated heterocycles. The lowest BCUT2D eigenvalue weighted by Crippen LogP contribution is -3.06. The van der Waals surface area contributed by atoms with Crippen molar-refractivity contribution in [3.05, 3.63) is 57.6 Å². The first-order chi connectivity index (χ1) is 13.8. The minimum atomic E-state index is -0.503. The Morgan fingerprint density at radius 2 is 2.07 bits per heavy atom. The van der Waals surface area contributed by atoms with Gasteiger partial charge in [-0.15, -0.1) is 0 Å². The molecule has 1 aromatic heterocycles. The van der Waals surface area contributed by atoms with Crippen molar-refractivity contribution in [1.82, 2.24) is 4.98 Å². The van der Waals surface area contributed by atoms with Gasteiger partial charge >= 0.3 is 0 Å². The normalized spacial score (nSPS) is 11.1. The van der Waals surface area contributed by atoms with Crippen LogP contribution in [-0.4, -0.2) is 50.1 Å². The molecule has 0 spiro atoms. The van der Waals surface area contributed by atoms with Gasteiger partial charge in [-0.05, 0) is 24.6 Å². The van der Waals surface area contributed by atoms with Crippen molar-refractivity contribution in [1.29, 1.82) is 0 Å². The highest BCUT2D eigenvalue weighted by Crippen LogP contribution is 2.36. The summed E-state index contributed by atoms with van der Waals surface area (Å²) >= 11 is 1.42. The monoisotopic (exact) mass is 415 g/mol. The van der Waals surface area contributed by atoms with Crippen LogP contribution in [0.4, 0.5) is 10.8 Å². The topological polar surface area (TPSA) is 90.0 Å². The summed E-state index contributed by atoms with van der Waals surface area (Å²) in [5.74, 6) is 0.333. The van der Waals surface area contributed by atoms with E-state index in [2.05, 4.69) is 4.98 Å². The average molecular weight is 415 g/mol. The van der Waals surface area contributed by atoms with E-state index in [0.717, 1.165) is 10.3 Å². The van der Waals surface area contributed by atoms with Gasteiger partial charge in [0.25, 0.3) is 11.6 Å². The number of nitrogens with one attached hydrogen (secondary N) is 1. The van der Waals surface area contributed by atoms with Gasteiger partial charge in [0, 0.05) is 17.7 Å². The number of hydrogen-bond acceptors (Lipinski definition) is 6. The number of nitrogens with zero attached hydrogens (tertiary/aromatic N) is 3. The first-order valence-electron chi connectivity index (χ1n) is 9.11. The van der Waals surface area contributed by atoms with Crippen molar-refractivity contribution in [3.8, 4) is 5.75 Å². The number of non-ortho nitro benzene ring substituents is 1. The summed E-state index contributed by atoms with van der Waals surface area (Å²) in [6, 6.07) is 9.60. The Kier molecular flexibility index (Phi) is 6.09. The van der Waals surface area contributed by atoms with E-state index < -0.39 is 4.92 Å². The number of nitro groups is 1. The zero-order valence-electron chi connectivity index (χ0n) is 16.8. The minimum Gasteiger partial charge on any atom is -0.494 e. The Balaban J connectivity index is 2.07. The molecule has 1 heterocycles. The molecule has 0 aliphatic carbocycles. The van der Waals surface area contributed by atoms with Crippen molar-refractivity contribution in [2.45, 2.75) is 6.92 Å². The van der Waals surface area contributed by atoms with Gasteiger partial charge in [0.15, 0.2) is 5.13 Å². The summed E-state index contributed by atoms with van der Waals surface area (Å²) < 4.78 is 6.37. The van der Waals surface area contributed by atoms with Crippen LogP contribution in [0.3, 0.4) is 0 Å². The quantitative estimate of drug-likeness (QED) is 0.472. The molecule has 0 bridgehead atoms. The van der Waals surface area contributed by atoms with Gasteiger partial charge in [0.05, 0.1) is 43.9 Å². The SMILES string of the molecule is COc1ccc(C)c2sc(N(CC[NH+](C)C)C(=O)c3cccc([N+](=O)[O-])c3)nc12. The molecular formula is C20H23N4O4S+. The standard InChI is InChI=1S/C20H22N4O4S/c1-13-8-9-16(28-4)17-18(13)29-20(21-17)23(11-10-22(2)3)19(25)14-6-5-7-15(12-14)24(26)27/h5-9,12H,10-11H2,1-4H3/p+1. The van der Waals surface area contributed by atoms with Gasteiger partial charge in [0.2, 0.25) is 0 Å². The highest BCUT2D eigenvalue weighted by molar-refractivity contribution is 7.22. The molecule has 29 heavy (non-hydrogen) atoms. The fourth-order valence-electron chi connectivity index (χ4n) is 2.91. The third-order valence-electron chi connectivity index (χ3n) is 4.53. The van der Waals surface area contributed by atoms with E-state index in [-0.39, 0.29) is 17.2 Å². The molecule has 0 aliphatic heterocycles. The summed E-state index contributed by atoms with van der Waals surface area (Å²) in [5, 5.41) is 11.7. The molecule has 1 amide bonds. The molecule has 0 atom stereocenters. The molecule has 0 unspecified atom stereocenters. The van der Waals surface area contributed by atoms with E-state index in [1.807, 2.05) is 33.2 Å². The average Bonchev–Trinajstić information content (AvgIpc) is 3.14. The number of carbonyl (C=O) groups is 1. The smallest absolute Gasteiger partial charge is 0.270 e. The summed E-state index contributed by atoms with van der Waals surface area (Å²) in [6.45, 7) is 3.12. The number of amides is 1. The van der Waals surface area contributed by atoms with Crippen LogP contribution >= 0.6 is 11.3 Å². The largest absolute Gasteiger partial charge is 0.494 e. The van der Waals surface area contributed by atoms with Crippen LogP contribution in [0.15, 0.2) is 36.4 Å². The fourth-order valence-corrected chi connectivity index (χ4v) is 3.98. The van der Waals surface area contributed by atoms with Crippen LogP contribution in [0, 0.1) is 17.0 Å². The molecule has 9 heteroatoms. The van der Waals surface area contributed by atoms with Gasteiger partial charge < -0.3 is 9.64 Å². The zero-order chi connectivity index (χ0) is 21.1. The predicted octanol–water partition coefficient (Wildman–Crippen LogP) is 2.31. The Morgan fingerprint density at radius 3 is 2.72 bits per heavy atom. The third-order valence-corrected chi connectivity index (χ3v) is 5.74. The van der Waals surface area contributed by atoms with Crippen LogP contribution in [0.25, 0.3) is 10.2 Å². The number of benzene rings is 2. The van der Waals surface area contributed by atoms with Crippen LogP contribution < -0.4 is 14.5 Å². The molecule has 0 saturated carbocycles. The lowest BCUT2D eigenvalue weighted by atomic mass is 10.2. The number of nitro benzene ring substituents is 1. The fraction of sp³-hybridized carbons (Fsp3) is 0.300. The Labute approximate surface area is 172 Å². The van der Waals surface area contributed by atoms with Crippen LogP contribution in [0.1, 0.15) is 15.9 Å². The number of anilines is 1. The van der Waals surface area contributed by atoms with Crippen molar-refractivity contribution >= 4 is 38.3 Å². The summed E-state index contributed by atoms with van der Waals surface area (Å²) in [4.78, 5) is 31.3. The number of carbonyl (C=O) groups excluding carboxylic acids is 1. The molecule has 1 N–H and O–H groups in total. The van der Waals surface area contributed by atoms with E-state index in [1.54, 1.807) is 18.1 Å². The molecule has 3 rings (SSSR count). The summed E-state index contributed by atoms with van der Waals surface area (Å²) in [7, 11) is 5.59. The second kappa shape index (κ2) is 8.54. The van der Waals surface area contributed by atoms with Crippen LogP contribution in [-0.2, 0) is 0 Å². The molecule has 3 aromatic rings.